The second kappa shape index (κ2) is 5.24. The molecule has 0 amide bonds. The highest BCUT2D eigenvalue weighted by atomic mass is 32.1. The molecule has 0 atom stereocenters. The van der Waals surface area contributed by atoms with Crippen molar-refractivity contribution in [3.63, 3.8) is 0 Å². The Hall–Kier alpha value is -1.13. The first kappa shape index (κ1) is 11.9. The van der Waals surface area contributed by atoms with Crippen LogP contribution in [0, 0.1) is 5.92 Å². The zero-order chi connectivity index (χ0) is 12.4. The fourth-order valence-electron chi connectivity index (χ4n) is 2.53. The van der Waals surface area contributed by atoms with Crippen LogP contribution in [0.5, 0.6) is 0 Å². The van der Waals surface area contributed by atoms with Gasteiger partial charge in [-0.15, -0.1) is 0 Å². The zero-order valence-corrected chi connectivity index (χ0v) is 11.1. The maximum Gasteiger partial charge on any atom is 0.183 e. The number of fused-ring (bicyclic) bond motifs is 1. The summed E-state index contributed by atoms with van der Waals surface area (Å²) in [7, 11) is 0. The Morgan fingerprint density at radius 3 is 2.78 bits per heavy atom. The average Bonchev–Trinajstić information content (AvgIpc) is 2.81. The smallest absolute Gasteiger partial charge is 0.183 e. The van der Waals surface area contributed by atoms with E-state index < -0.39 is 0 Å². The van der Waals surface area contributed by atoms with Crippen LogP contribution in [0.25, 0.3) is 10.2 Å². The van der Waals surface area contributed by atoms with Crippen molar-refractivity contribution in [1.29, 1.82) is 0 Å². The maximum absolute atomic E-state index is 9.48. The standard InChI is InChI=1S/C14H18N2OS/c17-11-7-5-10(6-8-11)9-15-14-16-12-3-1-2-4-13(12)18-14/h1-4,10-11,17H,5-9H2,(H,15,16). The highest BCUT2D eigenvalue weighted by molar-refractivity contribution is 7.22. The number of hydrogen-bond acceptors (Lipinski definition) is 4. The van der Waals surface area contributed by atoms with Gasteiger partial charge in [0.2, 0.25) is 0 Å². The first-order valence-electron chi connectivity index (χ1n) is 6.59. The molecular formula is C14H18N2OS. The van der Waals surface area contributed by atoms with Crippen molar-refractivity contribution in [1.82, 2.24) is 4.98 Å². The maximum atomic E-state index is 9.48. The monoisotopic (exact) mass is 262 g/mol. The van der Waals surface area contributed by atoms with Crippen molar-refractivity contribution in [2.24, 2.45) is 5.92 Å². The Labute approximate surface area is 111 Å². The summed E-state index contributed by atoms with van der Waals surface area (Å²) in [6, 6.07) is 8.23. The van der Waals surface area contributed by atoms with E-state index in [0.29, 0.717) is 5.92 Å². The number of nitrogens with one attached hydrogen (secondary N) is 1. The molecule has 1 aromatic carbocycles. The van der Waals surface area contributed by atoms with E-state index in [9.17, 15) is 5.11 Å². The number of nitrogens with zero attached hydrogens (tertiary/aromatic N) is 1. The molecule has 2 N–H and O–H groups in total. The second-order valence-corrected chi connectivity index (χ2v) is 6.07. The van der Waals surface area contributed by atoms with Gasteiger partial charge in [0.1, 0.15) is 0 Å². The van der Waals surface area contributed by atoms with Crippen molar-refractivity contribution in [3.8, 4) is 0 Å². The van der Waals surface area contributed by atoms with Gasteiger partial charge in [-0.25, -0.2) is 4.98 Å². The van der Waals surface area contributed by atoms with E-state index >= 15 is 0 Å². The van der Waals surface area contributed by atoms with Crippen LogP contribution in [0.15, 0.2) is 24.3 Å². The van der Waals surface area contributed by atoms with Gasteiger partial charge in [0.25, 0.3) is 0 Å². The second-order valence-electron chi connectivity index (χ2n) is 5.04. The average molecular weight is 262 g/mol. The molecule has 1 aliphatic rings. The molecule has 3 nitrogen and oxygen atoms in total. The molecule has 4 heteroatoms. The number of aliphatic hydroxyl groups is 1. The minimum atomic E-state index is -0.0660. The van der Waals surface area contributed by atoms with Gasteiger partial charge >= 0.3 is 0 Å². The van der Waals surface area contributed by atoms with Crippen LogP contribution in [0.4, 0.5) is 5.13 Å². The van der Waals surface area contributed by atoms with E-state index in [0.717, 1.165) is 42.9 Å². The van der Waals surface area contributed by atoms with Crippen LogP contribution in [0.1, 0.15) is 25.7 Å². The van der Waals surface area contributed by atoms with Crippen LogP contribution < -0.4 is 5.32 Å². The summed E-state index contributed by atoms with van der Waals surface area (Å²) >= 11 is 1.71. The molecule has 1 aliphatic carbocycles. The molecular weight excluding hydrogens is 244 g/mol. The number of benzene rings is 1. The highest BCUT2D eigenvalue weighted by Crippen LogP contribution is 2.28. The lowest BCUT2D eigenvalue weighted by Crippen LogP contribution is -2.23. The lowest BCUT2D eigenvalue weighted by atomic mass is 9.87. The Balaban J connectivity index is 1.59. The molecule has 1 heterocycles. The van der Waals surface area contributed by atoms with Gasteiger partial charge in [0, 0.05) is 6.54 Å². The summed E-state index contributed by atoms with van der Waals surface area (Å²) in [5.41, 5.74) is 1.07. The minimum absolute atomic E-state index is 0.0660. The first-order valence-corrected chi connectivity index (χ1v) is 7.40. The number of aromatic nitrogens is 1. The van der Waals surface area contributed by atoms with Gasteiger partial charge in [-0.1, -0.05) is 23.5 Å². The van der Waals surface area contributed by atoms with Crippen LogP contribution in [0.2, 0.25) is 0 Å². The molecule has 1 saturated carbocycles. The Kier molecular flexibility index (Phi) is 3.48. The van der Waals surface area contributed by atoms with Crippen LogP contribution >= 0.6 is 11.3 Å². The van der Waals surface area contributed by atoms with E-state index in [4.69, 9.17) is 0 Å². The first-order chi connectivity index (χ1) is 8.81. The van der Waals surface area contributed by atoms with Crippen LogP contribution in [0.3, 0.4) is 0 Å². The number of rotatable bonds is 3. The Bertz CT molecular complexity index is 484. The van der Waals surface area contributed by atoms with Crippen LogP contribution in [-0.2, 0) is 0 Å². The topological polar surface area (TPSA) is 45.1 Å². The molecule has 96 valence electrons. The summed E-state index contributed by atoms with van der Waals surface area (Å²) in [5.74, 6) is 0.681. The van der Waals surface area contributed by atoms with Crippen LogP contribution in [-0.4, -0.2) is 22.7 Å². The fraction of sp³-hybridized carbons (Fsp3) is 0.500. The van der Waals surface area contributed by atoms with Crippen molar-refractivity contribution >= 4 is 26.7 Å². The molecule has 0 spiro atoms. The van der Waals surface area contributed by atoms with Crippen molar-refractivity contribution in [3.05, 3.63) is 24.3 Å². The lowest BCUT2D eigenvalue weighted by molar-refractivity contribution is 0.111. The van der Waals surface area contributed by atoms with E-state index in [2.05, 4.69) is 16.4 Å². The van der Waals surface area contributed by atoms with Crippen molar-refractivity contribution in [2.75, 3.05) is 11.9 Å². The molecule has 3 rings (SSSR count). The third-order valence-corrected chi connectivity index (χ3v) is 4.65. The van der Waals surface area contributed by atoms with Gasteiger partial charge in [-0.3, -0.25) is 0 Å². The third-order valence-electron chi connectivity index (χ3n) is 3.65. The molecule has 18 heavy (non-hydrogen) atoms. The quantitative estimate of drug-likeness (QED) is 0.892. The lowest BCUT2D eigenvalue weighted by Gasteiger charge is -2.25. The van der Waals surface area contributed by atoms with Gasteiger partial charge in [0.05, 0.1) is 16.3 Å². The van der Waals surface area contributed by atoms with E-state index in [-0.39, 0.29) is 6.10 Å². The van der Waals surface area contributed by atoms with Gasteiger partial charge in [0.15, 0.2) is 5.13 Å². The van der Waals surface area contributed by atoms with E-state index in [1.807, 2.05) is 18.2 Å². The summed E-state index contributed by atoms with van der Waals surface area (Å²) in [6.45, 7) is 0.979. The fourth-order valence-corrected chi connectivity index (χ4v) is 3.40. The molecule has 0 aliphatic heterocycles. The Morgan fingerprint density at radius 2 is 2.00 bits per heavy atom. The SMILES string of the molecule is OC1CCC(CNc2nc3ccccc3s2)CC1. The number of aliphatic hydroxyl groups excluding tert-OH is 1. The third kappa shape index (κ3) is 2.65. The number of hydrogen-bond donors (Lipinski definition) is 2. The summed E-state index contributed by atoms with van der Waals surface area (Å²) in [6.07, 6.45) is 4.08. The minimum Gasteiger partial charge on any atom is -0.393 e. The summed E-state index contributed by atoms with van der Waals surface area (Å²) in [4.78, 5) is 4.57. The van der Waals surface area contributed by atoms with Crippen molar-refractivity contribution in [2.45, 2.75) is 31.8 Å². The molecule has 2 aromatic rings. The number of anilines is 1. The van der Waals surface area contributed by atoms with Gasteiger partial charge < -0.3 is 10.4 Å². The molecule has 1 fully saturated rings. The van der Waals surface area contributed by atoms with Gasteiger partial charge in [-0.2, -0.15) is 0 Å². The normalized spacial score (nSPS) is 24.3. The summed E-state index contributed by atoms with van der Waals surface area (Å²) < 4.78 is 1.24. The zero-order valence-electron chi connectivity index (χ0n) is 10.3. The van der Waals surface area contributed by atoms with E-state index in [1.54, 1.807) is 11.3 Å². The van der Waals surface area contributed by atoms with E-state index in [1.165, 1.54) is 4.70 Å². The highest BCUT2D eigenvalue weighted by Gasteiger charge is 2.19. The molecule has 0 bridgehead atoms. The predicted octanol–water partition coefficient (Wildman–Crippen LogP) is 3.26. The molecule has 0 saturated heterocycles. The molecule has 0 radical (unpaired) electrons. The molecule has 1 aromatic heterocycles. The number of para-hydroxylation sites is 1. The van der Waals surface area contributed by atoms with Gasteiger partial charge in [-0.05, 0) is 43.7 Å². The van der Waals surface area contributed by atoms with Crippen molar-refractivity contribution < 1.29 is 5.11 Å². The predicted molar refractivity (Wildman–Crippen MR) is 76.1 cm³/mol. The largest absolute Gasteiger partial charge is 0.393 e. The molecule has 0 unspecified atom stereocenters. The Morgan fingerprint density at radius 1 is 1.22 bits per heavy atom. The number of thiazole rings is 1. The summed E-state index contributed by atoms with van der Waals surface area (Å²) in [5, 5.41) is 13.9.